The maximum Gasteiger partial charge on any atom is 0.220 e. The first kappa shape index (κ1) is 89.0. The number of allylic oxidation sites excluding steroid dienone is 23. The molecule has 0 aromatic heterocycles. The summed E-state index contributed by atoms with van der Waals surface area (Å²) in [7, 11) is 0. The van der Waals surface area contributed by atoms with Gasteiger partial charge in [0.1, 0.15) is 48.8 Å². The van der Waals surface area contributed by atoms with E-state index in [0.29, 0.717) is 12.8 Å². The Morgan fingerprint density at radius 1 is 0.381 bits per heavy atom. The lowest BCUT2D eigenvalue weighted by Crippen LogP contribution is -2.65. The smallest absolute Gasteiger partial charge is 0.220 e. The van der Waals surface area contributed by atoms with E-state index in [1.54, 1.807) is 6.08 Å². The first-order chi connectivity index (χ1) is 47.6. The Morgan fingerprint density at radius 3 is 1.13 bits per heavy atom. The highest BCUT2D eigenvalue weighted by Crippen LogP contribution is 2.30. The van der Waals surface area contributed by atoms with Crippen LogP contribution in [-0.4, -0.2) is 140 Å². The van der Waals surface area contributed by atoms with Crippen LogP contribution in [0.4, 0.5) is 0 Å². The van der Waals surface area contributed by atoms with Crippen LogP contribution in [0.3, 0.4) is 0 Å². The van der Waals surface area contributed by atoms with E-state index < -0.39 is 86.8 Å². The number of amides is 1. The third-order valence-electron chi connectivity index (χ3n) is 17.7. The molecule has 2 saturated heterocycles. The van der Waals surface area contributed by atoms with Crippen molar-refractivity contribution in [2.45, 2.75) is 351 Å². The zero-order valence-corrected chi connectivity index (χ0v) is 60.5. The molecule has 1 amide bonds. The summed E-state index contributed by atoms with van der Waals surface area (Å²) >= 11 is 0. The Balaban J connectivity index is 1.65. The van der Waals surface area contributed by atoms with Gasteiger partial charge in [-0.2, -0.15) is 0 Å². The highest BCUT2D eigenvalue weighted by Gasteiger charge is 2.51. The second kappa shape index (κ2) is 65.2. The Bertz CT molecular complexity index is 2190. The van der Waals surface area contributed by atoms with Crippen LogP contribution < -0.4 is 5.32 Å². The van der Waals surface area contributed by atoms with Crippen LogP contribution in [0.1, 0.15) is 277 Å². The quantitative estimate of drug-likeness (QED) is 0.0204. The Labute approximate surface area is 589 Å². The van der Waals surface area contributed by atoms with Crippen molar-refractivity contribution < 1.29 is 64.6 Å². The zero-order chi connectivity index (χ0) is 70.1. The van der Waals surface area contributed by atoms with Gasteiger partial charge in [0.2, 0.25) is 5.91 Å². The molecule has 0 aromatic carbocycles. The van der Waals surface area contributed by atoms with Crippen LogP contribution in [-0.2, 0) is 23.7 Å². The lowest BCUT2D eigenvalue weighted by atomic mass is 9.97. The molecule has 0 aliphatic carbocycles. The van der Waals surface area contributed by atoms with E-state index in [0.717, 1.165) is 109 Å². The van der Waals surface area contributed by atoms with Crippen molar-refractivity contribution >= 4 is 5.91 Å². The molecule has 12 unspecified atom stereocenters. The lowest BCUT2D eigenvalue weighted by molar-refractivity contribution is -0.359. The SMILES string of the molecule is CC/C=C\C/C=C\C/C=C\C/C=C\C/C=C\C/C=C\C/C=C\C/C=C\C/C=C\CCCCCCCCCCCCCC(=O)NC(COC1OC(CO)C(OC2OC(CO)C(O)C(O)C2O)C(O)C1O)C(O)/C=C/CC/C=C/CC/C=C/CCCCCCCCCCCCCCCC. The molecule has 554 valence electrons. The van der Waals surface area contributed by atoms with Crippen molar-refractivity contribution in [1.82, 2.24) is 5.32 Å². The number of aliphatic hydroxyl groups excluding tert-OH is 8. The number of hydrogen-bond acceptors (Lipinski definition) is 13. The van der Waals surface area contributed by atoms with Crippen LogP contribution in [0.25, 0.3) is 0 Å². The van der Waals surface area contributed by atoms with E-state index in [4.69, 9.17) is 18.9 Å². The van der Waals surface area contributed by atoms with Gasteiger partial charge in [-0.05, 0) is 116 Å². The number of ether oxygens (including phenoxy) is 4. The third kappa shape index (κ3) is 48.4. The molecule has 0 radical (unpaired) electrons. The average molecular weight is 1360 g/mol. The van der Waals surface area contributed by atoms with E-state index in [1.165, 1.54) is 135 Å². The average Bonchev–Trinajstić information content (AvgIpc) is 0.794. The first-order valence-corrected chi connectivity index (χ1v) is 38.6. The molecule has 14 nitrogen and oxygen atoms in total. The molecule has 12 atom stereocenters. The lowest BCUT2D eigenvalue weighted by Gasteiger charge is -2.46. The van der Waals surface area contributed by atoms with E-state index in [1.807, 2.05) is 6.08 Å². The molecular formula is C83H139NO13. The van der Waals surface area contributed by atoms with Crippen LogP contribution in [0.15, 0.2) is 146 Å². The van der Waals surface area contributed by atoms with E-state index in [9.17, 15) is 45.6 Å². The molecule has 14 heteroatoms. The number of carbonyl (C=O) groups is 1. The Morgan fingerprint density at radius 2 is 0.722 bits per heavy atom. The van der Waals surface area contributed by atoms with Crippen molar-refractivity contribution in [3.05, 3.63) is 146 Å². The molecule has 2 aliphatic rings. The number of rotatable bonds is 62. The summed E-state index contributed by atoms with van der Waals surface area (Å²) in [6.07, 6.45) is 81.9. The fraction of sp³-hybridized carbons (Fsp3) is 0.699. The van der Waals surface area contributed by atoms with Crippen LogP contribution >= 0.6 is 0 Å². The van der Waals surface area contributed by atoms with Gasteiger partial charge in [-0.15, -0.1) is 0 Å². The van der Waals surface area contributed by atoms with Crippen molar-refractivity contribution in [3.63, 3.8) is 0 Å². The maximum atomic E-state index is 13.4. The van der Waals surface area contributed by atoms with Gasteiger partial charge in [0.05, 0.1) is 32.0 Å². The topological polar surface area (TPSA) is 228 Å². The minimum absolute atomic E-state index is 0.257. The molecule has 97 heavy (non-hydrogen) atoms. The monoisotopic (exact) mass is 1360 g/mol. The largest absolute Gasteiger partial charge is 0.394 e. The van der Waals surface area contributed by atoms with E-state index >= 15 is 0 Å². The molecule has 0 spiro atoms. The van der Waals surface area contributed by atoms with Crippen molar-refractivity contribution in [1.29, 1.82) is 0 Å². The van der Waals surface area contributed by atoms with Crippen LogP contribution in [0.2, 0.25) is 0 Å². The summed E-state index contributed by atoms with van der Waals surface area (Å²) in [4.78, 5) is 13.4. The number of nitrogens with one attached hydrogen (secondary N) is 1. The van der Waals surface area contributed by atoms with Gasteiger partial charge in [0, 0.05) is 6.42 Å². The van der Waals surface area contributed by atoms with Crippen molar-refractivity contribution in [2.75, 3.05) is 19.8 Å². The van der Waals surface area contributed by atoms with E-state index in [-0.39, 0.29) is 18.9 Å². The summed E-state index contributed by atoms with van der Waals surface area (Å²) in [5, 5.41) is 87.5. The first-order valence-electron chi connectivity index (χ1n) is 38.6. The minimum Gasteiger partial charge on any atom is -0.394 e. The van der Waals surface area contributed by atoms with Crippen molar-refractivity contribution in [3.8, 4) is 0 Å². The highest BCUT2D eigenvalue weighted by atomic mass is 16.7. The fourth-order valence-corrected chi connectivity index (χ4v) is 11.7. The molecule has 0 saturated carbocycles. The number of aliphatic hydroxyl groups is 8. The zero-order valence-electron chi connectivity index (χ0n) is 60.5. The fourth-order valence-electron chi connectivity index (χ4n) is 11.7. The summed E-state index contributed by atoms with van der Waals surface area (Å²) in [5.74, 6) is -0.260. The molecule has 9 N–H and O–H groups in total. The molecule has 2 aliphatic heterocycles. The van der Waals surface area contributed by atoms with Gasteiger partial charge in [0.25, 0.3) is 0 Å². The molecule has 0 aromatic rings. The normalized spacial score (nSPS) is 23.0. The van der Waals surface area contributed by atoms with Gasteiger partial charge < -0.3 is 65.1 Å². The summed E-state index contributed by atoms with van der Waals surface area (Å²) in [6.45, 7) is 2.67. The predicted octanol–water partition coefficient (Wildman–Crippen LogP) is 17.2. The molecule has 2 heterocycles. The molecule has 0 bridgehead atoms. The Kier molecular flexibility index (Phi) is 59.8. The summed E-state index contributed by atoms with van der Waals surface area (Å²) < 4.78 is 22.9. The second-order valence-electron chi connectivity index (χ2n) is 26.4. The number of unbranched alkanes of at least 4 members (excludes halogenated alkanes) is 27. The standard InChI is InChI=1S/C83H139NO13/c1-3-5-7-9-11-13-15-17-19-21-23-25-27-29-30-31-32-33-34-35-36-37-38-39-40-41-42-43-45-47-49-51-53-55-57-59-61-63-65-67-75(88)84-71(70-94-82-80(93)78(91)81(74(69-86)96-82)97-83-79(92)77(90)76(89)73(68-85)95-83)72(87)66-64-62-60-58-56-54-52-50-48-46-44-28-26-24-22-20-18-16-14-12-10-8-6-4-2/h5,7,11,13,17,19,23,25,29-30,32-33,35-36,38-39,41-42,48,50,56,58,64,66,71-74,76-83,85-87,89-93H,3-4,6,8-10,12,14-16,18,20-22,24,26-28,31,34,37,40,43-47,49,51-55,57,59-63,65,67-70H2,1-2H3,(H,84,88)/b7-5-,13-11-,19-17-,25-23-,30-29-,33-32-,36-35-,39-38-,42-41-,50-48+,58-56+,66-64+. The van der Waals surface area contributed by atoms with Gasteiger partial charge >= 0.3 is 0 Å². The van der Waals surface area contributed by atoms with E-state index in [2.05, 4.69) is 153 Å². The summed E-state index contributed by atoms with van der Waals surface area (Å²) in [6, 6.07) is -0.951. The van der Waals surface area contributed by atoms with Gasteiger partial charge in [-0.3, -0.25) is 4.79 Å². The Hall–Kier alpha value is -4.13. The molecular weight excluding hydrogens is 1220 g/mol. The van der Waals surface area contributed by atoms with Gasteiger partial charge in [-0.1, -0.05) is 301 Å². The van der Waals surface area contributed by atoms with Crippen LogP contribution in [0.5, 0.6) is 0 Å². The van der Waals surface area contributed by atoms with Gasteiger partial charge in [-0.25, -0.2) is 0 Å². The number of hydrogen-bond donors (Lipinski definition) is 9. The number of carbonyl (C=O) groups excluding carboxylic acids is 1. The summed E-state index contributed by atoms with van der Waals surface area (Å²) in [5.41, 5.74) is 0. The van der Waals surface area contributed by atoms with Crippen molar-refractivity contribution in [2.24, 2.45) is 0 Å². The van der Waals surface area contributed by atoms with Gasteiger partial charge in [0.15, 0.2) is 12.6 Å². The third-order valence-corrected chi connectivity index (χ3v) is 17.7. The minimum atomic E-state index is -1.80. The van der Waals surface area contributed by atoms with Crippen LogP contribution in [0, 0.1) is 0 Å². The molecule has 2 fully saturated rings. The maximum absolute atomic E-state index is 13.4. The highest BCUT2D eigenvalue weighted by molar-refractivity contribution is 5.76. The molecule has 2 rings (SSSR count). The second-order valence-corrected chi connectivity index (χ2v) is 26.4. The predicted molar refractivity (Wildman–Crippen MR) is 401 cm³/mol.